The third-order valence-electron chi connectivity index (χ3n) is 2.82. The highest BCUT2D eigenvalue weighted by atomic mass is 32.2. The van der Waals surface area contributed by atoms with Gasteiger partial charge in [-0.15, -0.1) is 5.10 Å². The fourth-order valence-corrected chi connectivity index (χ4v) is 2.28. The van der Waals surface area contributed by atoms with Gasteiger partial charge in [-0.3, -0.25) is 4.79 Å². The van der Waals surface area contributed by atoms with E-state index in [9.17, 15) is 4.79 Å². The van der Waals surface area contributed by atoms with Crippen LogP contribution in [-0.4, -0.2) is 31.8 Å². The summed E-state index contributed by atoms with van der Waals surface area (Å²) in [6, 6.07) is 0.376. The molecule has 0 radical (unpaired) electrons. The Morgan fingerprint density at radius 1 is 1.69 bits per heavy atom. The van der Waals surface area contributed by atoms with E-state index >= 15 is 0 Å². The summed E-state index contributed by atoms with van der Waals surface area (Å²) in [5, 5.41) is 17.1. The van der Waals surface area contributed by atoms with Crippen LogP contribution in [0.25, 0.3) is 0 Å². The minimum absolute atomic E-state index is 0.0959. The monoisotopic (exact) mass is 241 g/mol. The van der Waals surface area contributed by atoms with E-state index < -0.39 is 0 Å². The maximum Gasteiger partial charge on any atom is 0.186 e. The standard InChI is InChI=1S/C10H15N3O2S/c1-7(15)16-6-9-4-13(12-11-9)10-2-8(3-10)5-14/h4,8,10,14H,2-3,5-6H2,1H3. The Labute approximate surface area is 98.2 Å². The minimum atomic E-state index is 0.0959. The second kappa shape index (κ2) is 4.97. The van der Waals surface area contributed by atoms with E-state index in [1.54, 1.807) is 6.92 Å². The molecular weight excluding hydrogens is 226 g/mol. The molecule has 0 aromatic carbocycles. The number of carbonyl (C=O) groups excluding carboxylic acids is 1. The average molecular weight is 241 g/mol. The summed E-state index contributed by atoms with van der Waals surface area (Å²) in [7, 11) is 0. The van der Waals surface area contributed by atoms with Crippen molar-refractivity contribution in [3.05, 3.63) is 11.9 Å². The fraction of sp³-hybridized carbons (Fsp3) is 0.700. The second-order valence-electron chi connectivity index (χ2n) is 4.14. The predicted molar refractivity (Wildman–Crippen MR) is 60.8 cm³/mol. The van der Waals surface area contributed by atoms with Gasteiger partial charge >= 0.3 is 0 Å². The van der Waals surface area contributed by atoms with Crippen molar-refractivity contribution < 1.29 is 9.90 Å². The summed E-state index contributed by atoms with van der Waals surface area (Å²) >= 11 is 1.25. The Morgan fingerprint density at radius 2 is 2.44 bits per heavy atom. The molecule has 1 aliphatic rings. The van der Waals surface area contributed by atoms with Gasteiger partial charge in [0.1, 0.15) is 0 Å². The van der Waals surface area contributed by atoms with Gasteiger partial charge in [-0.05, 0) is 18.8 Å². The summed E-state index contributed by atoms with van der Waals surface area (Å²) < 4.78 is 1.85. The molecule has 5 nitrogen and oxygen atoms in total. The molecule has 0 bridgehead atoms. The smallest absolute Gasteiger partial charge is 0.186 e. The van der Waals surface area contributed by atoms with Crippen molar-refractivity contribution >= 4 is 16.9 Å². The zero-order chi connectivity index (χ0) is 11.5. The second-order valence-corrected chi connectivity index (χ2v) is 5.30. The Hall–Kier alpha value is -0.880. The van der Waals surface area contributed by atoms with E-state index in [4.69, 9.17) is 5.11 Å². The lowest BCUT2D eigenvalue weighted by Crippen LogP contribution is -2.29. The lowest BCUT2D eigenvalue weighted by molar-refractivity contribution is -0.109. The van der Waals surface area contributed by atoms with Crippen molar-refractivity contribution in [3.63, 3.8) is 0 Å². The first-order valence-corrected chi connectivity index (χ1v) is 6.32. The lowest BCUT2D eigenvalue weighted by Gasteiger charge is -2.33. The average Bonchev–Trinajstić information content (AvgIpc) is 2.62. The molecule has 1 aromatic rings. The van der Waals surface area contributed by atoms with Crippen LogP contribution in [0.3, 0.4) is 0 Å². The van der Waals surface area contributed by atoms with Crippen LogP contribution in [0.1, 0.15) is 31.5 Å². The first-order valence-electron chi connectivity index (χ1n) is 5.34. The van der Waals surface area contributed by atoms with E-state index in [0.29, 0.717) is 17.7 Å². The largest absolute Gasteiger partial charge is 0.396 e. The molecule has 0 aliphatic heterocycles. The highest BCUT2D eigenvalue weighted by molar-refractivity contribution is 8.12. The molecule has 1 heterocycles. The van der Waals surface area contributed by atoms with Gasteiger partial charge in [-0.2, -0.15) is 0 Å². The van der Waals surface area contributed by atoms with Crippen molar-refractivity contribution in [2.75, 3.05) is 6.61 Å². The quantitative estimate of drug-likeness (QED) is 0.851. The van der Waals surface area contributed by atoms with Crippen LogP contribution in [-0.2, 0) is 10.5 Å². The molecule has 88 valence electrons. The summed E-state index contributed by atoms with van der Waals surface area (Å²) in [6.07, 6.45) is 3.84. The molecule has 0 saturated heterocycles. The molecule has 1 fully saturated rings. The number of aromatic nitrogens is 3. The van der Waals surface area contributed by atoms with E-state index in [2.05, 4.69) is 10.3 Å². The molecule has 6 heteroatoms. The number of nitrogens with zero attached hydrogens (tertiary/aromatic N) is 3. The fourth-order valence-electron chi connectivity index (χ4n) is 1.80. The third-order valence-corrected chi connectivity index (χ3v) is 3.67. The number of thioether (sulfide) groups is 1. The van der Waals surface area contributed by atoms with Crippen LogP contribution in [0.4, 0.5) is 0 Å². The molecule has 1 N–H and O–H groups in total. The molecule has 0 unspecified atom stereocenters. The van der Waals surface area contributed by atoms with Crippen molar-refractivity contribution in [2.24, 2.45) is 5.92 Å². The summed E-state index contributed by atoms with van der Waals surface area (Å²) in [4.78, 5) is 10.8. The maximum atomic E-state index is 10.8. The van der Waals surface area contributed by atoms with Gasteiger partial charge in [-0.25, -0.2) is 4.68 Å². The molecule has 0 atom stereocenters. The van der Waals surface area contributed by atoms with Crippen LogP contribution in [0, 0.1) is 5.92 Å². The molecule has 0 amide bonds. The number of aliphatic hydroxyl groups excluding tert-OH is 1. The molecule has 2 rings (SSSR count). The van der Waals surface area contributed by atoms with Crippen LogP contribution in [0.2, 0.25) is 0 Å². The Bertz CT molecular complexity index is 374. The number of rotatable bonds is 4. The number of hydrogen-bond acceptors (Lipinski definition) is 5. The van der Waals surface area contributed by atoms with E-state index in [1.807, 2.05) is 10.9 Å². The van der Waals surface area contributed by atoms with Crippen molar-refractivity contribution in [1.82, 2.24) is 15.0 Å². The van der Waals surface area contributed by atoms with Crippen LogP contribution in [0.5, 0.6) is 0 Å². The Kier molecular flexibility index (Phi) is 3.60. The zero-order valence-corrected chi connectivity index (χ0v) is 9.98. The highest BCUT2D eigenvalue weighted by Crippen LogP contribution is 2.36. The molecule has 1 saturated carbocycles. The lowest BCUT2D eigenvalue weighted by atomic mass is 9.81. The Balaban J connectivity index is 1.86. The van der Waals surface area contributed by atoms with Crippen molar-refractivity contribution in [1.29, 1.82) is 0 Å². The highest BCUT2D eigenvalue weighted by Gasteiger charge is 2.30. The van der Waals surface area contributed by atoms with E-state index in [-0.39, 0.29) is 11.7 Å². The molecule has 1 aromatic heterocycles. The van der Waals surface area contributed by atoms with Gasteiger partial charge in [0, 0.05) is 25.5 Å². The Morgan fingerprint density at radius 3 is 3.06 bits per heavy atom. The van der Waals surface area contributed by atoms with Gasteiger partial charge < -0.3 is 5.11 Å². The van der Waals surface area contributed by atoms with Crippen LogP contribution >= 0.6 is 11.8 Å². The minimum Gasteiger partial charge on any atom is -0.396 e. The number of carbonyl (C=O) groups is 1. The van der Waals surface area contributed by atoms with E-state index in [1.165, 1.54) is 11.8 Å². The first-order chi connectivity index (χ1) is 7.69. The van der Waals surface area contributed by atoms with Gasteiger partial charge in [0.05, 0.1) is 11.7 Å². The predicted octanol–water partition coefficient (Wildman–Crippen LogP) is 1.00. The number of aliphatic hydroxyl groups is 1. The van der Waals surface area contributed by atoms with Crippen LogP contribution in [0.15, 0.2) is 6.20 Å². The summed E-state index contributed by atoms with van der Waals surface area (Å²) in [6.45, 7) is 1.81. The van der Waals surface area contributed by atoms with E-state index in [0.717, 1.165) is 18.5 Å². The van der Waals surface area contributed by atoms with Crippen molar-refractivity contribution in [3.8, 4) is 0 Å². The SMILES string of the molecule is CC(=O)SCc1cn(C2CC(CO)C2)nn1. The third kappa shape index (κ3) is 2.62. The molecule has 0 spiro atoms. The molecule has 16 heavy (non-hydrogen) atoms. The van der Waals surface area contributed by atoms with Gasteiger partial charge in [0.15, 0.2) is 5.12 Å². The van der Waals surface area contributed by atoms with Crippen LogP contribution < -0.4 is 0 Å². The topological polar surface area (TPSA) is 68.0 Å². The summed E-state index contributed by atoms with van der Waals surface area (Å²) in [5.74, 6) is 1.01. The van der Waals surface area contributed by atoms with Gasteiger partial charge in [-0.1, -0.05) is 17.0 Å². The van der Waals surface area contributed by atoms with Gasteiger partial charge in [0.25, 0.3) is 0 Å². The van der Waals surface area contributed by atoms with Crippen molar-refractivity contribution in [2.45, 2.75) is 31.6 Å². The summed E-state index contributed by atoms with van der Waals surface area (Å²) in [5.41, 5.74) is 0.840. The maximum absolute atomic E-state index is 10.8. The zero-order valence-electron chi connectivity index (χ0n) is 9.17. The molecular formula is C10H15N3O2S. The normalized spacial score (nSPS) is 24.1. The first kappa shape index (κ1) is 11.6. The van der Waals surface area contributed by atoms with Gasteiger partial charge in [0.2, 0.25) is 0 Å². The molecule has 1 aliphatic carbocycles. The number of hydrogen-bond donors (Lipinski definition) is 1.